The van der Waals surface area contributed by atoms with Crippen molar-refractivity contribution in [3.05, 3.63) is 71.8 Å². The number of aliphatic hydroxyl groups is 1. The molecule has 358 valence electrons. The molecule has 65 heavy (non-hydrogen) atoms. The third-order valence-electron chi connectivity index (χ3n) is 16.3. The van der Waals surface area contributed by atoms with E-state index in [2.05, 4.69) is 64.1 Å². The molecule has 10 rings (SSSR count). The van der Waals surface area contributed by atoms with Crippen LogP contribution in [0, 0.1) is 0 Å². The second-order valence-electron chi connectivity index (χ2n) is 21.3. The number of hydrogen-bond acceptors (Lipinski definition) is 13. The van der Waals surface area contributed by atoms with Crippen LogP contribution < -0.4 is 0 Å². The van der Waals surface area contributed by atoms with Gasteiger partial charge in [0.05, 0.1) is 109 Å². The van der Waals surface area contributed by atoms with Gasteiger partial charge in [-0.25, -0.2) is 0 Å². The summed E-state index contributed by atoms with van der Waals surface area (Å²) in [5.74, 6) is -0.394. The van der Waals surface area contributed by atoms with Crippen LogP contribution in [-0.4, -0.2) is 132 Å². The molecule has 8 heterocycles. The highest BCUT2D eigenvalue weighted by atomic mass is 16.7. The topological polar surface area (TPSA) is 139 Å². The minimum atomic E-state index is -0.744. The van der Waals surface area contributed by atoms with Gasteiger partial charge in [0.2, 0.25) is 0 Å². The summed E-state index contributed by atoms with van der Waals surface area (Å²) in [7, 11) is 0. The summed E-state index contributed by atoms with van der Waals surface area (Å²) in [6.07, 6.45) is 5.32. The fraction of sp³-hybridized carbons (Fsp3) is 0.750. The summed E-state index contributed by atoms with van der Waals surface area (Å²) in [4.78, 5) is 11.6. The summed E-state index contributed by atoms with van der Waals surface area (Å²) in [6.45, 7) is 11.9. The smallest absolute Gasteiger partial charge is 0.302 e. The van der Waals surface area contributed by atoms with Gasteiger partial charge in [-0.05, 0) is 77.3 Å². The second kappa shape index (κ2) is 18.8. The Balaban J connectivity index is 0.802. The van der Waals surface area contributed by atoms with Crippen molar-refractivity contribution in [1.29, 1.82) is 0 Å². The van der Waals surface area contributed by atoms with E-state index in [9.17, 15) is 9.90 Å². The van der Waals surface area contributed by atoms with Crippen molar-refractivity contribution in [3.8, 4) is 0 Å². The number of benzene rings is 2. The predicted molar refractivity (Wildman–Crippen MR) is 237 cm³/mol. The zero-order valence-electron chi connectivity index (χ0n) is 39.0. The Morgan fingerprint density at radius 3 is 2.12 bits per heavy atom. The third kappa shape index (κ3) is 9.60. The van der Waals surface area contributed by atoms with Crippen LogP contribution in [0.4, 0.5) is 0 Å². The lowest BCUT2D eigenvalue weighted by molar-refractivity contribution is -0.373. The normalized spacial score (nSPS) is 45.7. The molecular formula is C52H72O13. The molecule has 1 N–H and O–H groups in total. The van der Waals surface area contributed by atoms with E-state index in [1.807, 2.05) is 24.3 Å². The van der Waals surface area contributed by atoms with Gasteiger partial charge in [0.1, 0.15) is 18.3 Å². The van der Waals surface area contributed by atoms with Gasteiger partial charge in [-0.2, -0.15) is 0 Å². The molecule has 18 atom stereocenters. The van der Waals surface area contributed by atoms with Crippen molar-refractivity contribution in [2.75, 3.05) is 13.2 Å². The number of esters is 1. The number of carbonyl (C=O) groups excluding carboxylic acids is 1. The van der Waals surface area contributed by atoms with Crippen LogP contribution in [0.1, 0.15) is 123 Å². The van der Waals surface area contributed by atoms with Gasteiger partial charge in [-0.15, -0.1) is 0 Å². The summed E-state index contributed by atoms with van der Waals surface area (Å²) < 4.78 is 74.4. The molecule has 8 saturated heterocycles. The monoisotopic (exact) mass is 904 g/mol. The fourth-order valence-corrected chi connectivity index (χ4v) is 12.9. The lowest BCUT2D eigenvalue weighted by atomic mass is 9.72. The Labute approximate surface area is 384 Å². The zero-order chi connectivity index (χ0) is 45.0. The maximum absolute atomic E-state index is 11.6. The molecule has 0 spiro atoms. The number of ether oxygens (including phenoxy) is 11. The van der Waals surface area contributed by atoms with E-state index >= 15 is 0 Å². The van der Waals surface area contributed by atoms with Crippen molar-refractivity contribution >= 4 is 5.97 Å². The predicted octanol–water partition coefficient (Wildman–Crippen LogP) is 7.09. The molecule has 2 aromatic rings. The summed E-state index contributed by atoms with van der Waals surface area (Å²) >= 11 is 0. The van der Waals surface area contributed by atoms with Crippen LogP contribution in [0.15, 0.2) is 60.7 Å². The van der Waals surface area contributed by atoms with Crippen molar-refractivity contribution in [1.82, 2.24) is 0 Å². The molecule has 8 aliphatic rings. The summed E-state index contributed by atoms with van der Waals surface area (Å²) in [5, 5.41) is 10.9. The van der Waals surface area contributed by atoms with Gasteiger partial charge in [-0.3, -0.25) is 4.79 Å². The van der Waals surface area contributed by atoms with Gasteiger partial charge in [0, 0.05) is 52.1 Å². The van der Waals surface area contributed by atoms with Crippen molar-refractivity contribution in [3.63, 3.8) is 0 Å². The van der Waals surface area contributed by atoms with Crippen LogP contribution >= 0.6 is 0 Å². The SMILES string of the molecule is CC(=O)OC[C@H]1O[C@H]2C[C@H]3O[C@H]4CC[C@H]5O[C@H]6C[C@@]7(C)O[C@@]8(C)[C@@H](OCc9ccccc9)C[C@H](CCCOCc9ccccc9)O[C@@H]8C[C@@H]7O[C@@H]6C[C@@H]5O[C@]4(C)C[C@]3(C)O[C@@H]2CC[C@@H]1O. The van der Waals surface area contributed by atoms with Gasteiger partial charge >= 0.3 is 5.97 Å². The molecule has 0 aromatic heterocycles. The van der Waals surface area contributed by atoms with E-state index in [4.69, 9.17) is 52.1 Å². The lowest BCUT2D eigenvalue weighted by Crippen LogP contribution is -2.72. The van der Waals surface area contributed by atoms with Crippen molar-refractivity contribution in [2.24, 2.45) is 0 Å². The highest BCUT2D eigenvalue weighted by Crippen LogP contribution is 2.54. The molecule has 0 saturated carbocycles. The summed E-state index contributed by atoms with van der Waals surface area (Å²) in [5.41, 5.74) is -0.187. The first kappa shape index (κ1) is 46.2. The van der Waals surface area contributed by atoms with Crippen molar-refractivity contribution in [2.45, 2.75) is 233 Å². The van der Waals surface area contributed by atoms with E-state index in [0.29, 0.717) is 58.3 Å². The van der Waals surface area contributed by atoms with Crippen LogP contribution in [0.25, 0.3) is 0 Å². The van der Waals surface area contributed by atoms with E-state index in [1.54, 1.807) is 0 Å². The number of carbonyl (C=O) groups is 1. The molecule has 13 heteroatoms. The Kier molecular flexibility index (Phi) is 13.3. The quantitative estimate of drug-likeness (QED) is 0.182. The van der Waals surface area contributed by atoms with Crippen LogP contribution in [0.2, 0.25) is 0 Å². The number of rotatable bonds is 11. The van der Waals surface area contributed by atoms with Crippen molar-refractivity contribution < 1.29 is 62.0 Å². The Hall–Kier alpha value is -2.53. The van der Waals surface area contributed by atoms with E-state index in [-0.39, 0.29) is 79.9 Å². The molecule has 0 bridgehead atoms. The standard InChI is InChI=1S/C52H72O13/c1-32(53)56-30-43-36(54)18-19-38-40(60-43)25-45-51(4,63-38)31-50(3)44(62-45)21-20-37-41(64-50)24-39-42(59-37)27-49(2)46(61-39)26-48-52(5,65-49)47(57-29-34-15-10-7-11-16-34)23-35(58-48)17-12-22-55-28-33-13-8-6-9-14-33/h6-11,13-16,35-48,54H,12,17-31H2,1-5H3/t35-,36-,37+,38+,39+,40-,41-,42-,43+,44-,45+,46-,47-,48+,49+,50+,51-,52-/m0/s1. The third-order valence-corrected chi connectivity index (χ3v) is 16.3. The fourth-order valence-electron chi connectivity index (χ4n) is 12.9. The average Bonchev–Trinajstić information content (AvgIpc) is 3.50. The van der Waals surface area contributed by atoms with E-state index < -0.39 is 40.6 Å². The Morgan fingerprint density at radius 2 is 1.35 bits per heavy atom. The number of aliphatic hydroxyl groups excluding tert-OH is 1. The van der Waals surface area contributed by atoms with Crippen LogP contribution in [0.5, 0.6) is 0 Å². The molecule has 0 radical (unpaired) electrons. The second-order valence-corrected chi connectivity index (χ2v) is 21.3. The number of fused-ring (bicyclic) bond motifs is 7. The molecule has 0 unspecified atom stereocenters. The lowest BCUT2D eigenvalue weighted by Gasteiger charge is -2.62. The maximum Gasteiger partial charge on any atom is 0.302 e. The Bertz CT molecular complexity index is 1920. The van der Waals surface area contributed by atoms with Gasteiger partial charge < -0.3 is 57.2 Å². The molecule has 0 amide bonds. The first-order valence-electron chi connectivity index (χ1n) is 24.7. The highest BCUT2D eigenvalue weighted by Gasteiger charge is 2.65. The maximum atomic E-state index is 11.6. The molecular weight excluding hydrogens is 833 g/mol. The summed E-state index contributed by atoms with van der Waals surface area (Å²) in [6, 6.07) is 20.7. The average molecular weight is 905 g/mol. The zero-order valence-corrected chi connectivity index (χ0v) is 39.0. The van der Waals surface area contributed by atoms with Crippen LogP contribution in [-0.2, 0) is 70.1 Å². The molecule has 8 aliphatic heterocycles. The molecule has 2 aromatic carbocycles. The van der Waals surface area contributed by atoms with E-state index in [1.165, 1.54) is 12.5 Å². The van der Waals surface area contributed by atoms with Gasteiger partial charge in [0.15, 0.2) is 0 Å². The molecule has 8 fully saturated rings. The highest BCUT2D eigenvalue weighted by molar-refractivity contribution is 5.65. The largest absolute Gasteiger partial charge is 0.463 e. The first-order valence-corrected chi connectivity index (χ1v) is 24.7. The van der Waals surface area contributed by atoms with Gasteiger partial charge in [-0.1, -0.05) is 60.7 Å². The van der Waals surface area contributed by atoms with Crippen LogP contribution in [0.3, 0.4) is 0 Å². The van der Waals surface area contributed by atoms with Gasteiger partial charge in [0.25, 0.3) is 0 Å². The first-order chi connectivity index (χ1) is 31.3. The number of hydrogen-bond donors (Lipinski definition) is 1. The minimum Gasteiger partial charge on any atom is -0.463 e. The molecule has 13 nitrogen and oxygen atoms in total. The Morgan fingerprint density at radius 1 is 0.662 bits per heavy atom. The van der Waals surface area contributed by atoms with E-state index in [0.717, 1.165) is 44.1 Å². The minimum absolute atomic E-state index is 0.00875. The molecule has 0 aliphatic carbocycles.